The van der Waals surface area contributed by atoms with Crippen LogP contribution in [0.2, 0.25) is 0 Å². The van der Waals surface area contributed by atoms with Crippen LogP contribution in [0.4, 0.5) is 4.79 Å². The van der Waals surface area contributed by atoms with Gasteiger partial charge in [-0.15, -0.1) is 0 Å². The Morgan fingerprint density at radius 3 is 2.36 bits per heavy atom. The molecule has 22 heavy (non-hydrogen) atoms. The van der Waals surface area contributed by atoms with Gasteiger partial charge in [0.25, 0.3) is 0 Å². The SMILES string of the molecule is CCC.Cc1ccc2c(c1)OCC2=O.O=C(I)OC(=O)CI. The molecular weight excluding hydrogens is 514 g/mol. The highest BCUT2D eigenvalue weighted by atomic mass is 127. The molecule has 0 aliphatic carbocycles. The van der Waals surface area contributed by atoms with Gasteiger partial charge in [-0.1, -0.05) is 48.9 Å². The van der Waals surface area contributed by atoms with Crippen molar-refractivity contribution in [3.8, 4) is 5.75 Å². The molecule has 1 heterocycles. The van der Waals surface area contributed by atoms with Gasteiger partial charge in [0.05, 0.1) is 32.6 Å². The monoisotopic (exact) mass is 532 g/mol. The lowest BCUT2D eigenvalue weighted by molar-refractivity contribution is -0.132. The molecule has 2 rings (SSSR count). The quantitative estimate of drug-likeness (QED) is 0.175. The van der Waals surface area contributed by atoms with E-state index in [9.17, 15) is 14.4 Å². The number of rotatable bonds is 1. The van der Waals surface area contributed by atoms with Crippen LogP contribution in [0.5, 0.6) is 5.75 Å². The standard InChI is InChI=1S/C9H8O2.C3H2I2O3.C3H8/c1-6-2-3-7-8(10)5-11-9(7)4-6;4-1-2(6)8-3(5)7;1-3-2/h2-4H,5H2,1H3;1H2;3H2,1-2H3. The molecule has 0 saturated heterocycles. The number of alkyl halides is 1. The van der Waals surface area contributed by atoms with E-state index in [4.69, 9.17) is 4.74 Å². The maximum absolute atomic E-state index is 11.1. The topological polar surface area (TPSA) is 69.7 Å². The second-order valence-corrected chi connectivity index (χ2v) is 5.91. The molecule has 0 saturated carbocycles. The van der Waals surface area contributed by atoms with Gasteiger partial charge in [0.15, 0.2) is 6.61 Å². The highest BCUT2D eigenvalue weighted by molar-refractivity contribution is 14.1. The van der Waals surface area contributed by atoms with Gasteiger partial charge >= 0.3 is 9.95 Å². The van der Waals surface area contributed by atoms with E-state index in [0.29, 0.717) is 0 Å². The molecule has 0 atom stereocenters. The molecule has 0 bridgehead atoms. The number of ether oxygens (including phenoxy) is 2. The molecule has 1 aromatic rings. The fraction of sp³-hybridized carbons (Fsp3) is 0.400. The highest BCUT2D eigenvalue weighted by Crippen LogP contribution is 2.25. The number of hydrogen-bond acceptors (Lipinski definition) is 5. The normalized spacial score (nSPS) is 11.0. The van der Waals surface area contributed by atoms with E-state index in [0.717, 1.165) is 16.9 Å². The Kier molecular flexibility index (Phi) is 11.4. The van der Waals surface area contributed by atoms with Crippen LogP contribution in [-0.2, 0) is 9.53 Å². The van der Waals surface area contributed by atoms with E-state index < -0.39 is 9.95 Å². The van der Waals surface area contributed by atoms with Crippen molar-refractivity contribution in [3.05, 3.63) is 29.3 Å². The van der Waals surface area contributed by atoms with Crippen LogP contribution in [-0.4, -0.2) is 26.8 Å². The zero-order chi connectivity index (χ0) is 17.1. The van der Waals surface area contributed by atoms with Crippen LogP contribution in [0.15, 0.2) is 18.2 Å². The number of carbonyl (C=O) groups excluding carboxylic acids is 3. The molecule has 0 N–H and O–H groups in total. The van der Waals surface area contributed by atoms with Gasteiger partial charge in [0.1, 0.15) is 5.75 Å². The minimum atomic E-state index is -0.579. The minimum absolute atomic E-state index is 0.0833. The summed E-state index contributed by atoms with van der Waals surface area (Å²) in [5.41, 5.74) is 1.84. The van der Waals surface area contributed by atoms with Gasteiger partial charge in [-0.3, -0.25) is 9.59 Å². The summed E-state index contributed by atoms with van der Waals surface area (Å²) in [7, 11) is 0. The lowest BCUT2D eigenvalue weighted by atomic mass is 10.1. The zero-order valence-corrected chi connectivity index (χ0v) is 17.0. The van der Waals surface area contributed by atoms with Crippen molar-refractivity contribution in [1.29, 1.82) is 0 Å². The molecule has 0 amide bonds. The van der Waals surface area contributed by atoms with E-state index in [2.05, 4.69) is 18.6 Å². The van der Waals surface area contributed by atoms with E-state index >= 15 is 0 Å². The first-order chi connectivity index (χ1) is 10.3. The molecule has 5 nitrogen and oxygen atoms in total. The molecule has 0 fully saturated rings. The molecule has 0 aromatic heterocycles. The Balaban J connectivity index is 0.000000356. The van der Waals surface area contributed by atoms with E-state index in [1.807, 2.05) is 47.7 Å². The van der Waals surface area contributed by atoms with E-state index in [-0.39, 0.29) is 16.8 Å². The Hall–Kier alpha value is -0.710. The summed E-state index contributed by atoms with van der Waals surface area (Å²) >= 11 is 3.21. The average Bonchev–Trinajstić information content (AvgIpc) is 2.80. The molecule has 122 valence electrons. The van der Waals surface area contributed by atoms with Crippen molar-refractivity contribution < 1.29 is 23.9 Å². The van der Waals surface area contributed by atoms with Gasteiger partial charge in [-0.05, 0) is 24.6 Å². The van der Waals surface area contributed by atoms with Crippen LogP contribution >= 0.6 is 45.2 Å². The number of aryl methyl sites for hydroxylation is 1. The molecule has 1 aliphatic heterocycles. The van der Waals surface area contributed by atoms with Crippen LogP contribution in [0.3, 0.4) is 0 Å². The lowest BCUT2D eigenvalue weighted by Gasteiger charge is -1.96. The van der Waals surface area contributed by atoms with Crippen molar-refractivity contribution in [1.82, 2.24) is 0 Å². The third-order valence-corrected chi connectivity index (χ3v) is 2.94. The maximum atomic E-state index is 11.1. The number of hydrogen-bond donors (Lipinski definition) is 0. The van der Waals surface area contributed by atoms with Gasteiger partial charge < -0.3 is 9.47 Å². The van der Waals surface area contributed by atoms with Crippen LogP contribution in [0.1, 0.15) is 36.2 Å². The molecule has 7 heteroatoms. The molecule has 0 spiro atoms. The molecule has 0 unspecified atom stereocenters. The second kappa shape index (κ2) is 11.8. The molecule has 1 aliphatic rings. The van der Waals surface area contributed by atoms with Crippen molar-refractivity contribution >= 4 is 60.9 Å². The van der Waals surface area contributed by atoms with Gasteiger partial charge in [-0.2, -0.15) is 0 Å². The number of fused-ring (bicyclic) bond motifs is 1. The number of benzene rings is 1. The number of ketones is 1. The fourth-order valence-corrected chi connectivity index (χ4v) is 1.72. The van der Waals surface area contributed by atoms with Crippen molar-refractivity contribution in [3.63, 3.8) is 0 Å². The summed E-state index contributed by atoms with van der Waals surface area (Å²) in [4.78, 5) is 31.2. The first-order valence-corrected chi connectivity index (χ1v) is 9.18. The zero-order valence-electron chi connectivity index (χ0n) is 12.7. The predicted octanol–water partition coefficient (Wildman–Crippen LogP) is 4.51. The molecule has 1 aromatic carbocycles. The first kappa shape index (κ1) is 21.3. The van der Waals surface area contributed by atoms with Gasteiger partial charge in [0, 0.05) is 0 Å². The number of carbonyl (C=O) groups is 3. The fourth-order valence-electron chi connectivity index (χ4n) is 1.32. The highest BCUT2D eigenvalue weighted by Gasteiger charge is 2.19. The van der Waals surface area contributed by atoms with Crippen LogP contribution in [0.25, 0.3) is 0 Å². The Bertz CT molecular complexity index is 529. The summed E-state index contributed by atoms with van der Waals surface area (Å²) in [5, 5.41) is 0. The van der Waals surface area contributed by atoms with E-state index in [1.54, 1.807) is 0 Å². The summed E-state index contributed by atoms with van der Waals surface area (Å²) in [6.45, 7) is 6.44. The number of halogens is 2. The number of Topliss-reactive ketones (excluding diaryl/α,β-unsaturated/α-hetero) is 1. The van der Waals surface area contributed by atoms with Gasteiger partial charge in [-0.25, -0.2) is 4.79 Å². The second-order valence-electron chi connectivity index (χ2n) is 4.26. The van der Waals surface area contributed by atoms with E-state index in [1.165, 1.54) is 29.0 Å². The van der Waals surface area contributed by atoms with Crippen molar-refractivity contribution in [2.45, 2.75) is 27.2 Å². The molecular formula is C15H18I2O5. The third kappa shape index (κ3) is 8.66. The Morgan fingerprint density at radius 1 is 1.32 bits per heavy atom. The summed E-state index contributed by atoms with van der Waals surface area (Å²) in [6.07, 6.45) is 1.25. The summed E-state index contributed by atoms with van der Waals surface area (Å²) in [6, 6.07) is 5.63. The van der Waals surface area contributed by atoms with Crippen molar-refractivity contribution in [2.75, 3.05) is 11.0 Å². The maximum Gasteiger partial charge on any atom is 0.374 e. The van der Waals surface area contributed by atoms with Crippen molar-refractivity contribution in [2.24, 2.45) is 0 Å². The summed E-state index contributed by atoms with van der Waals surface area (Å²) in [5.74, 6) is 0.319. The first-order valence-electron chi connectivity index (χ1n) is 6.58. The lowest BCUT2D eigenvalue weighted by Crippen LogP contribution is -2.05. The number of esters is 1. The summed E-state index contributed by atoms with van der Waals surface area (Å²) < 4.78 is 8.88. The third-order valence-electron chi connectivity index (χ3n) is 2.10. The smallest absolute Gasteiger partial charge is 0.374 e. The van der Waals surface area contributed by atoms with Crippen LogP contribution in [0, 0.1) is 6.92 Å². The molecule has 0 radical (unpaired) electrons. The minimum Gasteiger partial charge on any atom is -0.485 e. The van der Waals surface area contributed by atoms with Gasteiger partial charge in [0.2, 0.25) is 5.78 Å². The average molecular weight is 532 g/mol. The van der Waals surface area contributed by atoms with Crippen LogP contribution < -0.4 is 4.74 Å². The Labute approximate surface area is 157 Å². The predicted molar refractivity (Wildman–Crippen MR) is 101 cm³/mol. The largest absolute Gasteiger partial charge is 0.485 e. The Morgan fingerprint density at radius 2 is 1.91 bits per heavy atom.